The number of nitrogens with zero attached hydrogens (tertiary/aromatic N) is 1. The summed E-state index contributed by atoms with van der Waals surface area (Å²) in [6, 6.07) is 9.99. The van der Waals surface area contributed by atoms with Gasteiger partial charge in [-0.15, -0.1) is 0 Å². The second kappa shape index (κ2) is 11.6. The van der Waals surface area contributed by atoms with Gasteiger partial charge in [-0.1, -0.05) is 43.7 Å². The van der Waals surface area contributed by atoms with Crippen molar-refractivity contribution in [3.05, 3.63) is 35.9 Å². The van der Waals surface area contributed by atoms with E-state index in [2.05, 4.69) is 4.90 Å². The number of hydrogen-bond donors (Lipinski definition) is 3. The first-order chi connectivity index (χ1) is 12.5. The average Bonchev–Trinajstić information content (AvgIpc) is 2.62. The number of piperidine rings is 1. The Kier molecular flexibility index (Phi) is 9.87. The van der Waals surface area contributed by atoms with Crippen molar-refractivity contribution in [1.82, 2.24) is 4.90 Å². The molecular weight excluding hydrogens is 338 g/mol. The van der Waals surface area contributed by atoms with Crippen LogP contribution in [0.25, 0.3) is 0 Å². The normalized spacial score (nSPS) is 22.9. The first-order valence-corrected chi connectivity index (χ1v) is 8.83. The molecule has 26 heavy (non-hydrogen) atoms. The molecule has 0 saturated carbocycles. The summed E-state index contributed by atoms with van der Waals surface area (Å²) in [4.78, 5) is 22.0. The highest BCUT2D eigenvalue weighted by molar-refractivity contribution is 5.75. The Morgan fingerprint density at radius 3 is 2.58 bits per heavy atom. The minimum atomic E-state index is -0.976. The van der Waals surface area contributed by atoms with Gasteiger partial charge in [0.05, 0.1) is 24.7 Å². The zero-order valence-corrected chi connectivity index (χ0v) is 15.2. The van der Waals surface area contributed by atoms with Gasteiger partial charge in [-0.3, -0.25) is 14.5 Å². The number of rotatable bonds is 8. The average molecular weight is 367 g/mol. The summed E-state index contributed by atoms with van der Waals surface area (Å²) in [5.41, 5.74) is 0.162. The predicted octanol–water partition coefficient (Wildman–Crippen LogP) is 1.84. The van der Waals surface area contributed by atoms with E-state index in [-0.39, 0.29) is 6.47 Å². The Morgan fingerprint density at radius 1 is 1.38 bits per heavy atom. The van der Waals surface area contributed by atoms with Crippen LogP contribution in [0.1, 0.15) is 31.7 Å². The van der Waals surface area contributed by atoms with E-state index in [1.54, 1.807) is 0 Å². The second-order valence-corrected chi connectivity index (χ2v) is 6.42. The SMILES string of the molecule is CCC[C@]1(C(=O)O)CCN(CCOCc2ccccc2)C[C@H]1O.O=CO. The van der Waals surface area contributed by atoms with Crippen LogP contribution in [0.5, 0.6) is 0 Å². The topological polar surface area (TPSA) is 107 Å². The zero-order valence-electron chi connectivity index (χ0n) is 15.2. The maximum atomic E-state index is 11.6. The van der Waals surface area contributed by atoms with Crippen molar-refractivity contribution >= 4 is 12.4 Å². The monoisotopic (exact) mass is 367 g/mol. The molecule has 1 aliphatic rings. The van der Waals surface area contributed by atoms with E-state index in [0.29, 0.717) is 45.7 Å². The smallest absolute Gasteiger partial charge is 0.312 e. The van der Waals surface area contributed by atoms with Crippen LogP contribution in [0, 0.1) is 5.41 Å². The van der Waals surface area contributed by atoms with Crippen molar-refractivity contribution in [2.75, 3.05) is 26.2 Å². The van der Waals surface area contributed by atoms with Crippen molar-refractivity contribution in [3.8, 4) is 0 Å². The van der Waals surface area contributed by atoms with Gasteiger partial charge in [0.25, 0.3) is 6.47 Å². The van der Waals surface area contributed by atoms with E-state index in [4.69, 9.17) is 14.6 Å². The maximum Gasteiger partial charge on any atom is 0.312 e. The third-order valence-corrected chi connectivity index (χ3v) is 4.73. The van der Waals surface area contributed by atoms with E-state index in [0.717, 1.165) is 12.0 Å². The molecule has 0 spiro atoms. The number of hydrogen-bond acceptors (Lipinski definition) is 5. The van der Waals surface area contributed by atoms with Gasteiger partial charge in [0, 0.05) is 13.1 Å². The number of aliphatic carboxylic acids is 1. The summed E-state index contributed by atoms with van der Waals surface area (Å²) in [5.74, 6) is -0.869. The van der Waals surface area contributed by atoms with Gasteiger partial charge < -0.3 is 20.1 Å². The van der Waals surface area contributed by atoms with Gasteiger partial charge in [-0.25, -0.2) is 0 Å². The largest absolute Gasteiger partial charge is 0.483 e. The Labute approximate surface area is 154 Å². The molecule has 1 aromatic carbocycles. The van der Waals surface area contributed by atoms with E-state index >= 15 is 0 Å². The summed E-state index contributed by atoms with van der Waals surface area (Å²) < 4.78 is 5.66. The second-order valence-electron chi connectivity index (χ2n) is 6.42. The molecule has 3 N–H and O–H groups in total. The lowest BCUT2D eigenvalue weighted by Gasteiger charge is -2.42. The lowest BCUT2D eigenvalue weighted by molar-refractivity contribution is -0.164. The van der Waals surface area contributed by atoms with Gasteiger partial charge in [-0.05, 0) is 24.9 Å². The van der Waals surface area contributed by atoms with Crippen molar-refractivity contribution in [2.45, 2.75) is 38.9 Å². The summed E-state index contributed by atoms with van der Waals surface area (Å²) in [5, 5.41) is 26.8. The minimum Gasteiger partial charge on any atom is -0.483 e. The summed E-state index contributed by atoms with van der Waals surface area (Å²) in [6.07, 6.45) is 0.976. The molecule has 0 aromatic heterocycles. The van der Waals surface area contributed by atoms with Crippen LogP contribution in [0.15, 0.2) is 30.3 Å². The molecular formula is C19H29NO6. The lowest BCUT2D eigenvalue weighted by atomic mass is 9.73. The zero-order chi connectivity index (χ0) is 19.4. The molecule has 0 amide bonds. The number of ether oxygens (including phenoxy) is 1. The van der Waals surface area contributed by atoms with Crippen molar-refractivity contribution in [3.63, 3.8) is 0 Å². The summed E-state index contributed by atoms with van der Waals surface area (Å²) >= 11 is 0. The molecule has 146 valence electrons. The third-order valence-electron chi connectivity index (χ3n) is 4.73. The van der Waals surface area contributed by atoms with Crippen LogP contribution in [0.3, 0.4) is 0 Å². The fourth-order valence-electron chi connectivity index (χ4n) is 3.29. The highest BCUT2D eigenvalue weighted by Gasteiger charge is 2.47. The van der Waals surface area contributed by atoms with Gasteiger partial charge >= 0.3 is 5.97 Å². The molecule has 7 nitrogen and oxygen atoms in total. The number of carbonyl (C=O) groups is 2. The Bertz CT molecular complexity index is 538. The number of β-amino-alcohol motifs (C(OH)–C–C–N with tert-alkyl or cyclic N) is 1. The Balaban J connectivity index is 0.00000105. The van der Waals surface area contributed by atoms with Gasteiger partial charge in [0.1, 0.15) is 0 Å². The lowest BCUT2D eigenvalue weighted by Crippen LogP contribution is -2.55. The summed E-state index contributed by atoms with van der Waals surface area (Å²) in [6.45, 7) is 4.67. The van der Waals surface area contributed by atoms with Gasteiger partial charge in [-0.2, -0.15) is 0 Å². The van der Waals surface area contributed by atoms with E-state index in [9.17, 15) is 15.0 Å². The van der Waals surface area contributed by atoms with Crippen molar-refractivity contribution < 1.29 is 29.6 Å². The van der Waals surface area contributed by atoms with Crippen LogP contribution in [0.4, 0.5) is 0 Å². The minimum absolute atomic E-state index is 0.250. The van der Waals surface area contributed by atoms with Crippen LogP contribution in [0.2, 0.25) is 0 Å². The molecule has 7 heteroatoms. The number of carboxylic acids is 1. The first kappa shape index (κ1) is 22.1. The quantitative estimate of drug-likeness (QED) is 0.475. The number of aliphatic hydroxyl groups excluding tert-OH is 1. The van der Waals surface area contributed by atoms with Gasteiger partial charge in [0.2, 0.25) is 0 Å². The summed E-state index contributed by atoms with van der Waals surface area (Å²) in [7, 11) is 0. The fraction of sp³-hybridized carbons (Fsp3) is 0.579. The van der Waals surface area contributed by atoms with E-state index in [1.807, 2.05) is 37.3 Å². The molecule has 2 atom stereocenters. The number of aliphatic hydroxyl groups is 1. The van der Waals surface area contributed by atoms with Crippen LogP contribution < -0.4 is 0 Å². The molecule has 2 rings (SSSR count). The molecule has 1 aromatic rings. The molecule has 0 aliphatic carbocycles. The van der Waals surface area contributed by atoms with Crippen molar-refractivity contribution in [1.29, 1.82) is 0 Å². The number of benzene rings is 1. The maximum absolute atomic E-state index is 11.6. The molecule has 1 fully saturated rings. The fourth-order valence-corrected chi connectivity index (χ4v) is 3.29. The van der Waals surface area contributed by atoms with Crippen LogP contribution >= 0.6 is 0 Å². The number of carboxylic acid groups (broad SMARTS) is 2. The van der Waals surface area contributed by atoms with Crippen LogP contribution in [-0.2, 0) is 20.9 Å². The van der Waals surface area contributed by atoms with E-state index < -0.39 is 17.5 Å². The molecule has 1 saturated heterocycles. The predicted molar refractivity (Wildman–Crippen MR) is 96.8 cm³/mol. The molecule has 1 heterocycles. The highest BCUT2D eigenvalue weighted by atomic mass is 16.5. The Hall–Kier alpha value is -1.96. The van der Waals surface area contributed by atoms with Crippen molar-refractivity contribution in [2.24, 2.45) is 5.41 Å². The Morgan fingerprint density at radius 2 is 2.04 bits per heavy atom. The molecule has 0 unspecified atom stereocenters. The number of likely N-dealkylation sites (tertiary alicyclic amines) is 1. The van der Waals surface area contributed by atoms with Crippen LogP contribution in [-0.4, -0.2) is 65.0 Å². The highest BCUT2D eigenvalue weighted by Crippen LogP contribution is 2.36. The molecule has 1 aliphatic heterocycles. The first-order valence-electron chi connectivity index (χ1n) is 8.83. The molecule has 0 radical (unpaired) electrons. The standard InChI is InChI=1S/C18H27NO4.CH2O2/c1-2-8-18(17(21)22)9-10-19(13-16(18)20)11-12-23-14-15-6-4-3-5-7-15;2-1-3/h3-7,16,20H,2,8-14H2,1H3,(H,21,22);1H,(H,2,3)/t16-,18+;/m1./s1. The molecule has 0 bridgehead atoms. The third kappa shape index (κ3) is 6.40. The van der Waals surface area contributed by atoms with E-state index in [1.165, 1.54) is 0 Å². The van der Waals surface area contributed by atoms with Gasteiger partial charge in [0.15, 0.2) is 0 Å².